The number of anilines is 1. The Morgan fingerprint density at radius 3 is 3.00 bits per heavy atom. The smallest absolute Gasteiger partial charge is 0.351 e. The van der Waals surface area contributed by atoms with Crippen molar-refractivity contribution < 1.29 is 42.5 Å². The molecule has 3 unspecified atom stereocenters. The lowest BCUT2D eigenvalue weighted by atomic mass is 10.1. The van der Waals surface area contributed by atoms with Gasteiger partial charge in [-0.3, -0.25) is 13.7 Å². The zero-order valence-electron chi connectivity index (χ0n) is 20.5. The third-order valence-electron chi connectivity index (χ3n) is 5.37. The molecule has 6 N–H and O–H groups in total. The number of hydrogen-bond acceptors (Lipinski definition) is 15. The number of pyridine rings is 1. The van der Waals surface area contributed by atoms with Crippen LogP contribution in [0.2, 0.25) is 0 Å². The van der Waals surface area contributed by atoms with Crippen LogP contribution in [-0.4, -0.2) is 71.3 Å². The predicted molar refractivity (Wildman–Crippen MR) is 152 cm³/mol. The first kappa shape index (κ1) is 31.6. The van der Waals surface area contributed by atoms with Gasteiger partial charge in [-0.15, -0.1) is 0 Å². The van der Waals surface area contributed by atoms with E-state index < -0.39 is 50.4 Å². The fourth-order valence-electron chi connectivity index (χ4n) is 3.54. The highest BCUT2D eigenvalue weighted by atomic mass is 33.1. The molecule has 0 saturated carbocycles. The van der Waals surface area contributed by atoms with Gasteiger partial charge in [0.1, 0.15) is 23.2 Å². The average Bonchev–Trinajstić information content (AvgIpc) is 3.27. The Hall–Kier alpha value is -1.29. The standard InChI is InChI=1S/C20H26N5O10P3S2/c26-14-9-18(33-15(14)11-32-36-34-38(31)35-37(29)30)25-10-12-13(23-19(12)24-20(25)28)4-7-21-16(27)5-8-39-40-17-3-1-2-6-22-17/h1-4,6,10,14-15,18,26,29-31,36H,5,7-9,11H2,(H,21,27)(H,23,24,28)/b13-4-/t14?,15-,18-,38?/m1/s1. The van der Waals surface area contributed by atoms with Crippen LogP contribution in [0.15, 0.2) is 46.5 Å². The summed E-state index contributed by atoms with van der Waals surface area (Å²) in [5.74, 6) is 0.964. The highest BCUT2D eigenvalue weighted by Crippen LogP contribution is 2.50. The fraction of sp³-hybridized carbons (Fsp3) is 0.400. The van der Waals surface area contributed by atoms with E-state index in [9.17, 15) is 19.6 Å². The van der Waals surface area contributed by atoms with Crippen LogP contribution in [0.1, 0.15) is 24.6 Å². The molecular formula is C20H26N5O10P3S2. The SMILES string of the molecule is O=C(CCSSc1ccccn1)NC/C=C1\Nc2nc(=O)n([C@H]3CC(O)[C@@H](COPOP(O)OP(O)O)O3)cc21. The number of hydrogen-bond donors (Lipinski definition) is 6. The molecule has 2 aromatic rings. The number of carbonyl (C=O) groups is 1. The van der Waals surface area contributed by atoms with Crippen molar-refractivity contribution in [2.45, 2.75) is 36.3 Å². The number of aliphatic hydroxyl groups is 1. The van der Waals surface area contributed by atoms with E-state index >= 15 is 0 Å². The minimum absolute atomic E-state index is 0.0868. The first-order valence-electron chi connectivity index (χ1n) is 11.6. The molecule has 20 heteroatoms. The second-order valence-corrected chi connectivity index (χ2v) is 13.3. The third kappa shape index (κ3) is 9.36. The Kier molecular flexibility index (Phi) is 12.5. The first-order chi connectivity index (χ1) is 19.3. The molecule has 2 aliphatic rings. The monoisotopic (exact) mass is 653 g/mol. The van der Waals surface area contributed by atoms with Crippen molar-refractivity contribution in [1.29, 1.82) is 0 Å². The molecule has 2 aliphatic heterocycles. The number of nitrogens with zero attached hydrogens (tertiary/aromatic N) is 3. The Labute approximate surface area is 240 Å². The van der Waals surface area contributed by atoms with Crippen LogP contribution in [0, 0.1) is 0 Å². The topological polar surface area (TPSA) is 207 Å². The molecule has 0 aromatic carbocycles. The number of aromatic nitrogens is 3. The predicted octanol–water partition coefficient (Wildman–Crippen LogP) is 1.99. The second-order valence-electron chi connectivity index (χ2n) is 8.05. The van der Waals surface area contributed by atoms with Crippen LogP contribution in [0.5, 0.6) is 0 Å². The molecule has 0 radical (unpaired) electrons. The first-order valence-corrected chi connectivity index (χ1v) is 17.0. The number of fused-ring (bicyclic) bond motifs is 1. The van der Waals surface area contributed by atoms with Crippen LogP contribution in [-0.2, 0) is 22.7 Å². The van der Waals surface area contributed by atoms with Gasteiger partial charge >= 0.3 is 22.9 Å². The zero-order chi connectivity index (χ0) is 28.5. The van der Waals surface area contributed by atoms with E-state index in [1.165, 1.54) is 15.4 Å². The Morgan fingerprint density at radius 1 is 1.38 bits per heavy atom. The summed E-state index contributed by atoms with van der Waals surface area (Å²) in [6.07, 6.45) is 3.07. The van der Waals surface area contributed by atoms with Crippen LogP contribution < -0.4 is 16.3 Å². The van der Waals surface area contributed by atoms with Crippen molar-refractivity contribution in [3.8, 4) is 0 Å². The van der Waals surface area contributed by atoms with E-state index in [-0.39, 0.29) is 25.5 Å². The molecule has 5 atom stereocenters. The molecule has 15 nitrogen and oxygen atoms in total. The lowest BCUT2D eigenvalue weighted by molar-refractivity contribution is -0.120. The molecule has 1 amide bonds. The van der Waals surface area contributed by atoms with E-state index in [0.717, 1.165) is 5.03 Å². The Morgan fingerprint density at radius 2 is 2.23 bits per heavy atom. The minimum atomic E-state index is -2.76. The summed E-state index contributed by atoms with van der Waals surface area (Å²) in [6.45, 7) is 0.185. The number of carbonyl (C=O) groups excluding carboxylic acids is 1. The average molecular weight is 654 g/mol. The molecule has 0 bridgehead atoms. The van der Waals surface area contributed by atoms with E-state index in [0.29, 0.717) is 29.3 Å². The van der Waals surface area contributed by atoms with Crippen molar-refractivity contribution in [2.75, 3.05) is 24.2 Å². The largest absolute Gasteiger partial charge is 0.390 e. The van der Waals surface area contributed by atoms with Gasteiger partial charge in [0, 0.05) is 43.2 Å². The molecule has 4 rings (SSSR count). The van der Waals surface area contributed by atoms with E-state index in [1.807, 2.05) is 18.2 Å². The highest BCUT2D eigenvalue weighted by Gasteiger charge is 2.37. The van der Waals surface area contributed by atoms with E-state index in [2.05, 4.69) is 24.9 Å². The second kappa shape index (κ2) is 15.8. The summed E-state index contributed by atoms with van der Waals surface area (Å²) in [5, 5.41) is 17.1. The maximum Gasteiger partial charge on any atom is 0.351 e. The van der Waals surface area contributed by atoms with Gasteiger partial charge in [-0.2, -0.15) is 4.98 Å². The summed E-state index contributed by atoms with van der Waals surface area (Å²) in [5.41, 5.74) is 0.814. The summed E-state index contributed by atoms with van der Waals surface area (Å²) < 4.78 is 21.3. The molecule has 1 saturated heterocycles. The molecular weight excluding hydrogens is 627 g/mol. The quantitative estimate of drug-likeness (QED) is 0.0923. The van der Waals surface area contributed by atoms with Gasteiger partial charge in [0.2, 0.25) is 5.91 Å². The highest BCUT2D eigenvalue weighted by molar-refractivity contribution is 8.76. The van der Waals surface area contributed by atoms with E-state index in [4.69, 9.17) is 23.4 Å². The normalized spacial score (nSPS) is 21.9. The molecule has 40 heavy (non-hydrogen) atoms. The van der Waals surface area contributed by atoms with Gasteiger partial charge in [0.05, 0.1) is 18.3 Å². The van der Waals surface area contributed by atoms with Crippen molar-refractivity contribution in [2.24, 2.45) is 0 Å². The summed E-state index contributed by atoms with van der Waals surface area (Å²) in [7, 11) is -2.90. The number of aliphatic hydroxyl groups excluding tert-OH is 1. The van der Waals surface area contributed by atoms with E-state index in [1.54, 1.807) is 29.3 Å². The van der Waals surface area contributed by atoms with Crippen molar-refractivity contribution >= 4 is 65.2 Å². The summed E-state index contributed by atoms with van der Waals surface area (Å²) >= 11 is 0. The van der Waals surface area contributed by atoms with Gasteiger partial charge in [-0.05, 0) is 29.0 Å². The van der Waals surface area contributed by atoms with Crippen LogP contribution in [0.4, 0.5) is 5.82 Å². The number of rotatable bonds is 15. The van der Waals surface area contributed by atoms with Gasteiger partial charge in [0.25, 0.3) is 0 Å². The van der Waals surface area contributed by atoms with Crippen molar-refractivity contribution in [1.82, 2.24) is 19.9 Å². The van der Waals surface area contributed by atoms with Gasteiger partial charge in [0.15, 0.2) is 9.03 Å². The van der Waals surface area contributed by atoms with Gasteiger partial charge < -0.3 is 39.7 Å². The van der Waals surface area contributed by atoms with Crippen LogP contribution in [0.3, 0.4) is 0 Å². The lowest BCUT2D eigenvalue weighted by Gasteiger charge is -2.26. The van der Waals surface area contributed by atoms with Gasteiger partial charge in [-0.1, -0.05) is 16.9 Å². The maximum absolute atomic E-state index is 12.5. The molecule has 0 aliphatic carbocycles. The molecule has 4 heterocycles. The van der Waals surface area contributed by atoms with Gasteiger partial charge in [-0.25, -0.2) is 14.1 Å². The summed E-state index contributed by atoms with van der Waals surface area (Å²) in [4.78, 5) is 59.5. The number of ether oxygens (including phenoxy) is 1. The molecule has 218 valence electrons. The van der Waals surface area contributed by atoms with Crippen molar-refractivity contribution in [3.05, 3.63) is 52.7 Å². The van der Waals surface area contributed by atoms with Crippen LogP contribution >= 0.6 is 47.8 Å². The molecule has 2 aromatic heterocycles. The summed E-state index contributed by atoms with van der Waals surface area (Å²) in [6, 6.07) is 5.67. The molecule has 0 spiro atoms. The molecule has 1 fully saturated rings. The minimum Gasteiger partial charge on any atom is -0.390 e. The zero-order valence-corrected chi connectivity index (χ0v) is 24.9. The number of amides is 1. The maximum atomic E-state index is 12.5. The Bertz CT molecular complexity index is 1230. The van der Waals surface area contributed by atoms with Crippen molar-refractivity contribution in [3.63, 3.8) is 0 Å². The van der Waals surface area contributed by atoms with Crippen LogP contribution in [0.25, 0.3) is 5.70 Å². The third-order valence-corrected chi connectivity index (χ3v) is 9.99. The fourth-order valence-corrected chi connectivity index (χ4v) is 7.04. The number of nitrogens with one attached hydrogen (secondary N) is 2. The lowest BCUT2D eigenvalue weighted by Crippen LogP contribution is -2.32. The Balaban J connectivity index is 1.21.